The molecule has 1 atom stereocenters. The van der Waals surface area contributed by atoms with Crippen LogP contribution in [0, 0.1) is 13.8 Å². The summed E-state index contributed by atoms with van der Waals surface area (Å²) in [7, 11) is 0. The minimum atomic E-state index is -0.658. The number of fused-ring (bicyclic) bond motifs is 1. The monoisotopic (exact) mass is 377 g/mol. The maximum Gasteiger partial charge on any atom is 0.305 e. The van der Waals surface area contributed by atoms with Gasteiger partial charge in [-0.05, 0) is 13.0 Å². The molecule has 1 unspecified atom stereocenters. The number of hydrogen-bond acceptors (Lipinski definition) is 6. The Labute approximate surface area is 159 Å². The summed E-state index contributed by atoms with van der Waals surface area (Å²) < 4.78 is 4.83. The number of hydrogen-bond donors (Lipinski definition) is 2. The predicted molar refractivity (Wildman–Crippen MR) is 102 cm³/mol. The number of aromatic nitrogens is 2. The van der Waals surface area contributed by atoms with Crippen molar-refractivity contribution in [2.75, 3.05) is 0 Å². The van der Waals surface area contributed by atoms with E-state index >= 15 is 0 Å². The molecular weight excluding hydrogens is 360 g/mol. The zero-order valence-corrected chi connectivity index (χ0v) is 15.2. The number of carbonyl (C=O) groups excluding carboxylic acids is 2. The number of quaternary nitrogens is 1. The molecule has 3 heterocycles. The van der Waals surface area contributed by atoms with E-state index in [1.54, 1.807) is 25.3 Å². The number of aryl methyl sites for hydroxylation is 2. The Morgan fingerprint density at radius 3 is 2.54 bits per heavy atom. The normalized spacial score (nSPS) is 20.3. The van der Waals surface area contributed by atoms with Crippen molar-refractivity contribution in [2.24, 2.45) is 16.5 Å². The molecule has 2 aliphatic heterocycles. The van der Waals surface area contributed by atoms with Crippen LogP contribution < -0.4 is 16.0 Å². The highest BCUT2D eigenvalue weighted by molar-refractivity contribution is 6.17. The van der Waals surface area contributed by atoms with Crippen LogP contribution in [0.4, 0.5) is 5.69 Å². The molecule has 2 aromatic rings. The fraction of sp³-hybridized carbons (Fsp3) is 0.105. The average molecular weight is 377 g/mol. The first kappa shape index (κ1) is 17.6. The van der Waals surface area contributed by atoms with Crippen molar-refractivity contribution in [3.8, 4) is 11.4 Å². The predicted octanol–water partition coefficient (Wildman–Crippen LogP) is 1.34. The van der Waals surface area contributed by atoms with Gasteiger partial charge >= 0.3 is 5.91 Å². The van der Waals surface area contributed by atoms with Gasteiger partial charge in [-0.3, -0.25) is 9.59 Å². The summed E-state index contributed by atoms with van der Waals surface area (Å²) >= 11 is 0. The standard InChI is InChI=1S/C19H16N6O3/c1-10-3-4-12(19-23-11(2)28-24-19)7-14(10)25-9-13(17(20)26)5-6-16(25)22-8-15(25)18(21)27/h3-9H,1-2H3,(H3-,20,21,26,27)/p+1. The molecule has 1 aromatic heterocycles. The number of carbonyl (C=O) groups is 2. The van der Waals surface area contributed by atoms with Gasteiger partial charge in [0.05, 0.1) is 5.57 Å². The van der Waals surface area contributed by atoms with Crippen LogP contribution in [0.5, 0.6) is 0 Å². The first-order valence-corrected chi connectivity index (χ1v) is 8.43. The Morgan fingerprint density at radius 1 is 1.11 bits per heavy atom. The highest BCUT2D eigenvalue weighted by Crippen LogP contribution is 2.41. The van der Waals surface area contributed by atoms with Crippen LogP contribution in [-0.2, 0) is 9.59 Å². The van der Waals surface area contributed by atoms with E-state index in [0.717, 1.165) is 5.56 Å². The maximum absolute atomic E-state index is 12.2. The van der Waals surface area contributed by atoms with Gasteiger partial charge < -0.3 is 16.0 Å². The number of nitrogens with zero attached hydrogens (tertiary/aromatic N) is 4. The molecule has 1 aromatic carbocycles. The highest BCUT2D eigenvalue weighted by atomic mass is 16.5. The van der Waals surface area contributed by atoms with E-state index in [2.05, 4.69) is 15.1 Å². The molecule has 0 aliphatic carbocycles. The average Bonchev–Trinajstić information content (AvgIpc) is 3.25. The molecule has 0 bridgehead atoms. The smallest absolute Gasteiger partial charge is 0.305 e. The topological polar surface area (TPSA) is 137 Å². The first-order chi connectivity index (χ1) is 13.3. The van der Waals surface area contributed by atoms with Gasteiger partial charge in [0, 0.05) is 30.2 Å². The number of amides is 2. The van der Waals surface area contributed by atoms with Crippen LogP contribution in [0.1, 0.15) is 11.5 Å². The van der Waals surface area contributed by atoms with Gasteiger partial charge in [0.25, 0.3) is 5.91 Å². The van der Waals surface area contributed by atoms with Gasteiger partial charge in [0.15, 0.2) is 5.69 Å². The number of nitrogens with two attached hydrogens (primary N) is 2. The summed E-state index contributed by atoms with van der Waals surface area (Å²) in [6.07, 6.45) is 6.21. The number of aliphatic imine (C=N–C) groups is 1. The lowest BCUT2D eigenvalue weighted by molar-refractivity contribution is -0.116. The van der Waals surface area contributed by atoms with Crippen LogP contribution in [0.2, 0.25) is 0 Å². The Hall–Kier alpha value is -3.85. The van der Waals surface area contributed by atoms with E-state index < -0.39 is 11.8 Å². The van der Waals surface area contributed by atoms with E-state index in [-0.39, 0.29) is 15.8 Å². The fourth-order valence-electron chi connectivity index (χ4n) is 3.40. The Balaban J connectivity index is 1.99. The second-order valence-electron chi connectivity index (χ2n) is 6.51. The quantitative estimate of drug-likeness (QED) is 0.775. The van der Waals surface area contributed by atoms with Crippen molar-refractivity contribution in [3.63, 3.8) is 0 Å². The Kier molecular flexibility index (Phi) is 3.83. The van der Waals surface area contributed by atoms with Gasteiger partial charge in [-0.15, -0.1) is 0 Å². The van der Waals surface area contributed by atoms with Gasteiger partial charge in [0.2, 0.25) is 23.2 Å². The van der Waals surface area contributed by atoms with Crippen LogP contribution in [0.25, 0.3) is 11.4 Å². The maximum atomic E-state index is 12.2. The summed E-state index contributed by atoms with van der Waals surface area (Å²) in [5.41, 5.74) is 13.8. The summed E-state index contributed by atoms with van der Waals surface area (Å²) in [5.74, 6) is 0.0804. The van der Waals surface area contributed by atoms with Crippen molar-refractivity contribution >= 4 is 23.3 Å². The van der Waals surface area contributed by atoms with Crippen molar-refractivity contribution < 1.29 is 14.1 Å². The number of rotatable bonds is 4. The van der Waals surface area contributed by atoms with E-state index in [1.165, 1.54) is 6.20 Å². The van der Waals surface area contributed by atoms with Crippen LogP contribution in [0.3, 0.4) is 0 Å². The molecule has 0 saturated heterocycles. The lowest BCUT2D eigenvalue weighted by atomic mass is 10.0. The van der Waals surface area contributed by atoms with Gasteiger partial charge in [0.1, 0.15) is 12.4 Å². The molecule has 2 amide bonds. The Bertz CT molecular complexity index is 1150. The van der Waals surface area contributed by atoms with Crippen molar-refractivity contribution in [1.82, 2.24) is 14.6 Å². The molecule has 9 nitrogen and oxygen atoms in total. The third-order valence-corrected chi connectivity index (χ3v) is 4.72. The molecule has 0 fully saturated rings. The molecule has 140 valence electrons. The zero-order valence-electron chi connectivity index (χ0n) is 15.2. The molecule has 4 N–H and O–H groups in total. The van der Waals surface area contributed by atoms with Crippen molar-refractivity contribution in [1.29, 1.82) is 0 Å². The van der Waals surface area contributed by atoms with Crippen LogP contribution in [-0.4, -0.2) is 27.8 Å². The molecule has 28 heavy (non-hydrogen) atoms. The second-order valence-corrected chi connectivity index (χ2v) is 6.51. The molecule has 0 radical (unpaired) electrons. The number of amidine groups is 1. The summed E-state index contributed by atoms with van der Waals surface area (Å²) in [6.45, 7) is 3.59. The van der Waals surface area contributed by atoms with E-state index in [1.807, 2.05) is 25.1 Å². The van der Waals surface area contributed by atoms with E-state index in [4.69, 9.17) is 16.0 Å². The molecule has 4 rings (SSSR count). The number of benzene rings is 1. The zero-order chi connectivity index (χ0) is 20.1. The van der Waals surface area contributed by atoms with Crippen LogP contribution >= 0.6 is 0 Å². The third kappa shape index (κ3) is 2.48. The fourth-order valence-corrected chi connectivity index (χ4v) is 3.40. The van der Waals surface area contributed by atoms with E-state index in [9.17, 15) is 9.59 Å². The molecule has 9 heteroatoms. The lowest BCUT2D eigenvalue weighted by Crippen LogP contribution is -2.51. The first-order valence-electron chi connectivity index (χ1n) is 8.43. The van der Waals surface area contributed by atoms with Crippen molar-refractivity contribution in [3.05, 3.63) is 65.5 Å². The van der Waals surface area contributed by atoms with E-state index in [0.29, 0.717) is 28.8 Å². The Morgan fingerprint density at radius 2 is 1.89 bits per heavy atom. The molecule has 0 spiro atoms. The second kappa shape index (κ2) is 6.10. The largest absolute Gasteiger partial charge is 0.365 e. The molecular formula is C19H17N6O3+. The molecule has 0 saturated carbocycles. The minimum absolute atomic E-state index is 0.197. The highest BCUT2D eigenvalue weighted by Gasteiger charge is 2.48. The third-order valence-electron chi connectivity index (χ3n) is 4.72. The number of primary amides is 2. The minimum Gasteiger partial charge on any atom is -0.365 e. The summed E-state index contributed by atoms with van der Waals surface area (Å²) in [5, 5.41) is 3.95. The summed E-state index contributed by atoms with van der Waals surface area (Å²) in [6, 6.07) is 5.54. The van der Waals surface area contributed by atoms with Gasteiger partial charge in [-0.1, -0.05) is 17.3 Å². The molecule has 2 aliphatic rings. The SMILES string of the molecule is Cc1nc(-c2ccc(C)c([N+]34C=C(C(N)=O)C=CC3=NC=C4C(N)=O)c2)no1. The van der Waals surface area contributed by atoms with Crippen LogP contribution in [0.15, 0.2) is 63.5 Å². The lowest BCUT2D eigenvalue weighted by Gasteiger charge is -2.33. The summed E-state index contributed by atoms with van der Waals surface area (Å²) in [4.78, 5) is 32.7. The van der Waals surface area contributed by atoms with Gasteiger partial charge in [-0.25, -0.2) is 0 Å². The van der Waals surface area contributed by atoms with Gasteiger partial charge in [-0.2, -0.15) is 14.5 Å². The van der Waals surface area contributed by atoms with Crippen molar-refractivity contribution in [2.45, 2.75) is 13.8 Å².